The van der Waals surface area contributed by atoms with Gasteiger partial charge in [-0.15, -0.1) is 0 Å². The van der Waals surface area contributed by atoms with Crippen molar-refractivity contribution in [1.82, 2.24) is 5.32 Å². The highest BCUT2D eigenvalue weighted by atomic mass is 31.1. The fourth-order valence-corrected chi connectivity index (χ4v) is 0.557. The van der Waals surface area contributed by atoms with E-state index < -0.39 is 0 Å². The van der Waals surface area contributed by atoms with E-state index in [-0.39, 0.29) is 9.03 Å². The van der Waals surface area contributed by atoms with Crippen LogP contribution in [0.5, 0.6) is 0 Å². The second kappa shape index (κ2) is 7.31. The Labute approximate surface area is 51.7 Å². The summed E-state index contributed by atoms with van der Waals surface area (Å²) in [6.45, 7) is 1.61. The third-order valence-electron chi connectivity index (χ3n) is 0.596. The summed E-state index contributed by atoms with van der Waals surface area (Å²) in [5.74, 6) is 0. The van der Waals surface area contributed by atoms with E-state index in [0.29, 0.717) is 0 Å². The third-order valence-corrected chi connectivity index (χ3v) is 1.09. The molecule has 0 aromatic heterocycles. The van der Waals surface area contributed by atoms with Gasteiger partial charge in [0.15, 0.2) is 9.03 Å². The van der Waals surface area contributed by atoms with Gasteiger partial charge in [0.25, 0.3) is 0 Å². The van der Waals surface area contributed by atoms with Crippen molar-refractivity contribution in [3.63, 3.8) is 0 Å². The molecular formula is C4H12NO2P. The first-order chi connectivity index (χ1) is 3.91. The zero-order valence-corrected chi connectivity index (χ0v) is 6.23. The van der Waals surface area contributed by atoms with Gasteiger partial charge in [-0.1, -0.05) is 0 Å². The Bertz CT molecular complexity index is 39.0. The summed E-state index contributed by atoms with van der Waals surface area (Å²) in [5, 5.41) is 2.95. The largest absolute Gasteiger partial charge is 0.340 e. The molecular weight excluding hydrogens is 125 g/mol. The molecule has 0 aliphatic carbocycles. The van der Waals surface area contributed by atoms with E-state index in [2.05, 4.69) is 9.84 Å². The van der Waals surface area contributed by atoms with Gasteiger partial charge in [-0.3, -0.25) is 0 Å². The molecule has 0 spiro atoms. The van der Waals surface area contributed by atoms with E-state index in [9.17, 15) is 0 Å². The Balaban J connectivity index is 2.53. The van der Waals surface area contributed by atoms with Gasteiger partial charge in [0, 0.05) is 13.7 Å². The zero-order chi connectivity index (χ0) is 6.24. The number of likely N-dealkylation sites (N-methyl/N-ethyl adjacent to an activating group) is 1. The minimum atomic E-state index is 0.185. The lowest BCUT2D eigenvalue weighted by molar-refractivity contribution is 0.302. The summed E-state index contributed by atoms with van der Waals surface area (Å²) in [5.41, 5.74) is 0. The number of nitrogens with one attached hydrogen (secondary N) is 1. The van der Waals surface area contributed by atoms with Crippen molar-refractivity contribution in [2.75, 3.05) is 27.3 Å². The maximum atomic E-state index is 4.97. The summed E-state index contributed by atoms with van der Waals surface area (Å²) in [4.78, 5) is 0. The molecule has 0 aliphatic heterocycles. The number of hydrogen-bond donors (Lipinski definition) is 1. The maximum absolute atomic E-state index is 4.97. The molecule has 8 heavy (non-hydrogen) atoms. The Hall–Kier alpha value is 0.310. The molecule has 0 amide bonds. The highest BCUT2D eigenvalue weighted by molar-refractivity contribution is 7.26. The van der Waals surface area contributed by atoms with E-state index in [0.717, 1.165) is 13.2 Å². The Kier molecular flexibility index (Phi) is 7.59. The first-order valence-corrected chi connectivity index (χ1v) is 3.28. The van der Waals surface area contributed by atoms with Gasteiger partial charge in [-0.2, -0.15) is 0 Å². The zero-order valence-electron chi connectivity index (χ0n) is 5.23. The lowest BCUT2D eigenvalue weighted by Gasteiger charge is -1.98. The van der Waals surface area contributed by atoms with E-state index in [1.54, 1.807) is 7.11 Å². The van der Waals surface area contributed by atoms with E-state index in [1.165, 1.54) is 0 Å². The van der Waals surface area contributed by atoms with Crippen molar-refractivity contribution in [3.8, 4) is 0 Å². The lowest BCUT2D eigenvalue weighted by Crippen LogP contribution is -2.11. The van der Waals surface area contributed by atoms with Crippen LogP contribution in [0.25, 0.3) is 0 Å². The van der Waals surface area contributed by atoms with Gasteiger partial charge in [0.2, 0.25) is 0 Å². The molecule has 0 heterocycles. The van der Waals surface area contributed by atoms with Gasteiger partial charge in [-0.25, -0.2) is 0 Å². The second-order valence-electron chi connectivity index (χ2n) is 1.24. The van der Waals surface area contributed by atoms with Crippen LogP contribution in [0.1, 0.15) is 0 Å². The maximum Gasteiger partial charge on any atom is 0.154 e. The minimum absolute atomic E-state index is 0.185. The Morgan fingerprint density at radius 1 is 1.62 bits per heavy atom. The molecule has 0 rings (SSSR count). The fraction of sp³-hybridized carbons (Fsp3) is 1.00. The predicted octanol–water partition coefficient (Wildman–Crippen LogP) is 0.377. The van der Waals surface area contributed by atoms with Crippen LogP contribution < -0.4 is 5.32 Å². The molecule has 0 aromatic carbocycles. The van der Waals surface area contributed by atoms with E-state index in [1.807, 2.05) is 7.05 Å². The fourth-order valence-electron chi connectivity index (χ4n) is 0.254. The monoisotopic (exact) mass is 137 g/mol. The quantitative estimate of drug-likeness (QED) is 0.439. The molecule has 3 nitrogen and oxygen atoms in total. The lowest BCUT2D eigenvalue weighted by atomic mass is 10.7. The Morgan fingerprint density at radius 2 is 2.38 bits per heavy atom. The molecule has 0 saturated heterocycles. The second-order valence-corrected chi connectivity index (χ2v) is 2.10. The van der Waals surface area contributed by atoms with Gasteiger partial charge in [0.05, 0.1) is 6.61 Å². The van der Waals surface area contributed by atoms with Crippen LogP contribution in [0.4, 0.5) is 0 Å². The molecule has 0 aromatic rings. The van der Waals surface area contributed by atoms with Crippen molar-refractivity contribution < 1.29 is 9.05 Å². The molecule has 0 radical (unpaired) electrons. The first kappa shape index (κ1) is 8.31. The van der Waals surface area contributed by atoms with Crippen molar-refractivity contribution in [3.05, 3.63) is 0 Å². The number of hydrogen-bond acceptors (Lipinski definition) is 3. The predicted molar refractivity (Wildman–Crippen MR) is 35.2 cm³/mol. The average Bonchev–Trinajstić information content (AvgIpc) is 1.81. The Morgan fingerprint density at radius 3 is 2.88 bits per heavy atom. The van der Waals surface area contributed by atoms with Crippen molar-refractivity contribution in [1.29, 1.82) is 0 Å². The van der Waals surface area contributed by atoms with Gasteiger partial charge >= 0.3 is 0 Å². The van der Waals surface area contributed by atoms with E-state index >= 15 is 0 Å². The summed E-state index contributed by atoms with van der Waals surface area (Å²) >= 11 is 0. The minimum Gasteiger partial charge on any atom is -0.340 e. The van der Waals surface area contributed by atoms with Gasteiger partial charge in [-0.05, 0) is 7.05 Å². The van der Waals surface area contributed by atoms with Crippen LogP contribution in [0.3, 0.4) is 0 Å². The summed E-state index contributed by atoms with van der Waals surface area (Å²) in [6, 6.07) is 0. The molecule has 0 saturated carbocycles. The molecule has 1 atom stereocenters. The van der Waals surface area contributed by atoms with Crippen molar-refractivity contribution in [2.45, 2.75) is 0 Å². The summed E-state index contributed by atoms with van der Waals surface area (Å²) < 4.78 is 9.63. The van der Waals surface area contributed by atoms with Crippen LogP contribution in [-0.2, 0) is 9.05 Å². The summed E-state index contributed by atoms with van der Waals surface area (Å²) in [7, 11) is 3.70. The molecule has 0 aliphatic rings. The summed E-state index contributed by atoms with van der Waals surface area (Å²) in [6.07, 6.45) is 0. The van der Waals surface area contributed by atoms with Crippen LogP contribution in [0.15, 0.2) is 0 Å². The molecule has 4 heteroatoms. The standard InChI is InChI=1S/C4H12NO2P/c1-5-3-4-7-8-6-2/h5,8H,3-4H2,1-2H3. The van der Waals surface area contributed by atoms with Crippen LogP contribution in [0, 0.1) is 0 Å². The topological polar surface area (TPSA) is 30.5 Å². The highest BCUT2D eigenvalue weighted by Gasteiger charge is 1.81. The third kappa shape index (κ3) is 6.31. The number of rotatable bonds is 5. The molecule has 50 valence electrons. The van der Waals surface area contributed by atoms with Crippen molar-refractivity contribution in [2.24, 2.45) is 0 Å². The molecule has 1 N–H and O–H groups in total. The van der Waals surface area contributed by atoms with E-state index in [4.69, 9.17) is 4.52 Å². The van der Waals surface area contributed by atoms with Crippen LogP contribution >= 0.6 is 9.03 Å². The van der Waals surface area contributed by atoms with Crippen LogP contribution in [0.2, 0.25) is 0 Å². The van der Waals surface area contributed by atoms with Crippen molar-refractivity contribution >= 4 is 9.03 Å². The normalized spacial score (nSPS) is 11.2. The van der Waals surface area contributed by atoms with Gasteiger partial charge in [0.1, 0.15) is 0 Å². The smallest absolute Gasteiger partial charge is 0.154 e. The first-order valence-electron chi connectivity index (χ1n) is 2.46. The van der Waals surface area contributed by atoms with Crippen LogP contribution in [-0.4, -0.2) is 27.3 Å². The average molecular weight is 137 g/mol. The SMILES string of the molecule is CNCCOPOC. The molecule has 1 unspecified atom stereocenters. The highest BCUT2D eigenvalue weighted by Crippen LogP contribution is 2.08. The molecule has 0 bridgehead atoms. The molecule has 0 fully saturated rings. The van der Waals surface area contributed by atoms with Gasteiger partial charge < -0.3 is 14.4 Å².